The van der Waals surface area contributed by atoms with Gasteiger partial charge in [0.05, 0.1) is 6.10 Å². The Balaban J connectivity index is 1.66. The third kappa shape index (κ3) is 7.04. The zero-order valence-electron chi connectivity index (χ0n) is 18.8. The Labute approximate surface area is 201 Å². The van der Waals surface area contributed by atoms with Crippen molar-refractivity contribution in [3.63, 3.8) is 0 Å². The molecule has 0 saturated carbocycles. The average molecular weight is 494 g/mol. The largest absolute Gasteiger partial charge is 0.504 e. The van der Waals surface area contributed by atoms with Crippen LogP contribution in [0.5, 0.6) is 23.0 Å². The van der Waals surface area contributed by atoms with E-state index in [-0.39, 0.29) is 54.5 Å². The van der Waals surface area contributed by atoms with E-state index in [2.05, 4.69) is 0 Å². The summed E-state index contributed by atoms with van der Waals surface area (Å²) in [5.74, 6) is -1.37. The van der Waals surface area contributed by atoms with E-state index in [1.807, 2.05) is 0 Å². The van der Waals surface area contributed by atoms with E-state index in [1.54, 1.807) is 12.1 Å². The number of aliphatic hydroxyl groups is 4. The van der Waals surface area contributed by atoms with Gasteiger partial charge in [-0.3, -0.25) is 4.79 Å². The summed E-state index contributed by atoms with van der Waals surface area (Å²) in [6, 6.07) is 8.52. The highest BCUT2D eigenvalue weighted by atomic mass is 16.7. The number of aryl methyl sites for hydroxylation is 2. The van der Waals surface area contributed by atoms with E-state index >= 15 is 0 Å². The van der Waals surface area contributed by atoms with Crippen molar-refractivity contribution < 1.29 is 55.1 Å². The molecule has 0 amide bonds. The summed E-state index contributed by atoms with van der Waals surface area (Å²) < 4.78 is 10.8. The number of aliphatic hydroxyl groups excluding tert-OH is 4. The van der Waals surface area contributed by atoms with Crippen LogP contribution in [-0.2, 0) is 27.1 Å². The molecule has 1 aliphatic rings. The first kappa shape index (κ1) is 26.7. The van der Waals surface area contributed by atoms with Gasteiger partial charge in [-0.05, 0) is 54.7 Å². The molecular formula is C24H30O11. The average Bonchev–Trinajstić information content (AvgIpc) is 2.82. The molecule has 2 aromatic rings. The van der Waals surface area contributed by atoms with Crippen molar-refractivity contribution in [3.8, 4) is 23.0 Å². The molecular weight excluding hydrogens is 464 g/mol. The van der Waals surface area contributed by atoms with Gasteiger partial charge < -0.3 is 50.3 Å². The minimum Gasteiger partial charge on any atom is -0.504 e. The third-order valence-electron chi connectivity index (χ3n) is 5.85. The third-order valence-corrected chi connectivity index (χ3v) is 5.85. The number of carbonyl (C=O) groups excluding carboxylic acids is 1. The topological polar surface area (TPSA) is 197 Å². The van der Waals surface area contributed by atoms with Crippen LogP contribution in [0.2, 0.25) is 0 Å². The zero-order valence-corrected chi connectivity index (χ0v) is 18.8. The number of phenolic OH excluding ortho intramolecular Hbond substituents is 4. The van der Waals surface area contributed by atoms with Crippen molar-refractivity contribution in [1.82, 2.24) is 0 Å². The minimum atomic E-state index is -1.80. The molecule has 0 bridgehead atoms. The van der Waals surface area contributed by atoms with Gasteiger partial charge >= 0.3 is 0 Å². The van der Waals surface area contributed by atoms with E-state index < -0.39 is 37.0 Å². The van der Waals surface area contributed by atoms with Crippen LogP contribution in [-0.4, -0.2) is 83.6 Å². The second-order valence-corrected chi connectivity index (χ2v) is 8.55. The molecule has 0 aliphatic carbocycles. The Kier molecular flexibility index (Phi) is 8.89. The lowest BCUT2D eigenvalue weighted by Gasteiger charge is -2.39. The van der Waals surface area contributed by atoms with Gasteiger partial charge in [-0.2, -0.15) is 0 Å². The molecule has 192 valence electrons. The van der Waals surface area contributed by atoms with Crippen molar-refractivity contribution in [1.29, 1.82) is 0 Å². The SMILES string of the molecule is O=C(CCc1ccc(O)c(O)c1)CC(CCc1ccc(O)c(O)c1)OC1OC(O)[C@H](O)[C@@H](O)[C@@H]1O. The number of Topliss-reactive ketones (excluding diaryl/α,β-unsaturated/α-hetero) is 1. The molecule has 3 rings (SSSR count). The Morgan fingerprint density at radius 3 is 1.94 bits per heavy atom. The summed E-state index contributed by atoms with van der Waals surface area (Å²) in [5, 5.41) is 77.8. The van der Waals surface area contributed by atoms with Crippen LogP contribution in [0.3, 0.4) is 0 Å². The smallest absolute Gasteiger partial charge is 0.189 e. The number of aromatic hydroxyl groups is 4. The lowest BCUT2D eigenvalue weighted by Crippen LogP contribution is -2.58. The number of benzene rings is 2. The van der Waals surface area contributed by atoms with Crippen LogP contribution < -0.4 is 0 Å². The molecule has 3 unspecified atom stereocenters. The molecule has 6 atom stereocenters. The van der Waals surface area contributed by atoms with E-state index in [1.165, 1.54) is 24.3 Å². The fourth-order valence-electron chi connectivity index (χ4n) is 3.77. The van der Waals surface area contributed by atoms with Crippen molar-refractivity contribution in [2.45, 2.75) is 69.1 Å². The zero-order chi connectivity index (χ0) is 25.7. The molecule has 0 radical (unpaired) electrons. The summed E-state index contributed by atoms with van der Waals surface area (Å²) in [5.41, 5.74) is 1.28. The molecule has 11 heteroatoms. The molecule has 1 aliphatic heterocycles. The molecule has 1 heterocycles. The molecule has 1 fully saturated rings. The number of hydrogen-bond acceptors (Lipinski definition) is 11. The number of rotatable bonds is 10. The van der Waals surface area contributed by atoms with Gasteiger partial charge in [0.2, 0.25) is 0 Å². The maximum absolute atomic E-state index is 12.7. The predicted molar refractivity (Wildman–Crippen MR) is 120 cm³/mol. The second-order valence-electron chi connectivity index (χ2n) is 8.55. The lowest BCUT2D eigenvalue weighted by atomic mass is 9.99. The second kappa shape index (κ2) is 11.7. The highest BCUT2D eigenvalue weighted by Gasteiger charge is 2.44. The highest BCUT2D eigenvalue weighted by molar-refractivity contribution is 5.79. The van der Waals surface area contributed by atoms with E-state index in [0.717, 1.165) is 0 Å². The predicted octanol–water partition coefficient (Wildman–Crippen LogP) is 0.176. The first-order chi connectivity index (χ1) is 16.5. The maximum atomic E-state index is 12.7. The number of ketones is 1. The fraction of sp³-hybridized carbons (Fsp3) is 0.458. The van der Waals surface area contributed by atoms with E-state index in [4.69, 9.17) is 9.47 Å². The molecule has 0 aromatic heterocycles. The first-order valence-corrected chi connectivity index (χ1v) is 11.1. The van der Waals surface area contributed by atoms with Crippen molar-refractivity contribution in [2.24, 2.45) is 0 Å². The van der Waals surface area contributed by atoms with Gasteiger partial charge in [-0.25, -0.2) is 0 Å². The quantitative estimate of drug-likeness (QED) is 0.210. The van der Waals surface area contributed by atoms with Crippen LogP contribution in [0.15, 0.2) is 36.4 Å². The minimum absolute atomic E-state index is 0.0854. The monoisotopic (exact) mass is 494 g/mol. The number of ether oxygens (including phenoxy) is 2. The Bertz CT molecular complexity index is 1010. The van der Waals surface area contributed by atoms with E-state index in [0.29, 0.717) is 17.5 Å². The van der Waals surface area contributed by atoms with Gasteiger partial charge in [-0.1, -0.05) is 12.1 Å². The molecule has 1 saturated heterocycles. The maximum Gasteiger partial charge on any atom is 0.189 e. The van der Waals surface area contributed by atoms with Crippen molar-refractivity contribution in [3.05, 3.63) is 47.5 Å². The lowest BCUT2D eigenvalue weighted by molar-refractivity contribution is -0.347. The van der Waals surface area contributed by atoms with Crippen molar-refractivity contribution >= 4 is 5.78 Å². The Hall–Kier alpha value is -2.93. The Morgan fingerprint density at radius 1 is 0.800 bits per heavy atom. The molecule has 11 nitrogen and oxygen atoms in total. The summed E-state index contributed by atoms with van der Waals surface area (Å²) in [4.78, 5) is 12.7. The summed E-state index contributed by atoms with van der Waals surface area (Å²) >= 11 is 0. The van der Waals surface area contributed by atoms with Gasteiger partial charge in [0.1, 0.15) is 24.1 Å². The van der Waals surface area contributed by atoms with Crippen LogP contribution in [0, 0.1) is 0 Å². The first-order valence-electron chi connectivity index (χ1n) is 11.1. The molecule has 0 spiro atoms. The fourth-order valence-corrected chi connectivity index (χ4v) is 3.77. The standard InChI is InChI=1S/C24H30O11/c25-14(5-1-12-3-7-16(26)18(28)9-12)11-15(6-2-13-4-8-17(27)19(29)10-13)34-24-22(32)20(30)21(31)23(33)35-24/h3-4,7-10,15,20-24,26-33H,1-2,5-6,11H2/t15?,20-,21-,22+,23?,24?/m1/s1. The number of phenols is 4. The van der Waals surface area contributed by atoms with Crippen LogP contribution >= 0.6 is 0 Å². The van der Waals surface area contributed by atoms with Crippen molar-refractivity contribution in [2.75, 3.05) is 0 Å². The molecule has 2 aromatic carbocycles. The molecule has 8 N–H and O–H groups in total. The van der Waals surface area contributed by atoms with Gasteiger partial charge in [0, 0.05) is 12.8 Å². The van der Waals surface area contributed by atoms with Crippen LogP contribution in [0.4, 0.5) is 0 Å². The van der Waals surface area contributed by atoms with Crippen LogP contribution in [0.25, 0.3) is 0 Å². The number of hydrogen-bond donors (Lipinski definition) is 8. The normalized spacial score (nSPS) is 25.3. The summed E-state index contributed by atoms with van der Waals surface area (Å²) in [6.45, 7) is 0. The van der Waals surface area contributed by atoms with Crippen LogP contribution in [0.1, 0.15) is 30.4 Å². The number of carbonyl (C=O) groups is 1. The summed E-state index contributed by atoms with van der Waals surface area (Å²) in [6.07, 6.45) is -8.48. The molecule has 35 heavy (non-hydrogen) atoms. The highest BCUT2D eigenvalue weighted by Crippen LogP contribution is 2.28. The van der Waals surface area contributed by atoms with Gasteiger partial charge in [0.15, 0.2) is 35.6 Å². The summed E-state index contributed by atoms with van der Waals surface area (Å²) in [7, 11) is 0. The van der Waals surface area contributed by atoms with Gasteiger partial charge in [-0.15, -0.1) is 0 Å². The Morgan fingerprint density at radius 2 is 1.37 bits per heavy atom. The van der Waals surface area contributed by atoms with Gasteiger partial charge in [0.25, 0.3) is 0 Å². The van der Waals surface area contributed by atoms with E-state index in [9.17, 15) is 45.6 Å².